The molecule has 2 heterocycles. The Bertz CT molecular complexity index is 453. The Morgan fingerprint density at radius 2 is 2.11 bits per heavy atom. The molecule has 5 heteroatoms. The molecule has 2 amide bonds. The van der Waals surface area contributed by atoms with E-state index in [0.29, 0.717) is 18.7 Å². The summed E-state index contributed by atoms with van der Waals surface area (Å²) in [6.07, 6.45) is 0.309. The van der Waals surface area contributed by atoms with Crippen LogP contribution in [0.4, 0.5) is 0 Å². The molecule has 1 aliphatic rings. The lowest BCUT2D eigenvalue weighted by Crippen LogP contribution is -2.29. The van der Waals surface area contributed by atoms with Crippen LogP contribution in [0.2, 0.25) is 0 Å². The van der Waals surface area contributed by atoms with Gasteiger partial charge in [0.2, 0.25) is 11.8 Å². The molecule has 98 valence electrons. The van der Waals surface area contributed by atoms with Gasteiger partial charge in [0.05, 0.1) is 13.1 Å². The molecule has 1 N–H and O–H groups in total. The third kappa shape index (κ3) is 2.61. The molecule has 0 bridgehead atoms. The number of furan rings is 1. The van der Waals surface area contributed by atoms with Crippen molar-refractivity contribution in [3.63, 3.8) is 0 Å². The Hall–Kier alpha value is -1.62. The first-order valence-corrected chi connectivity index (χ1v) is 6.24. The van der Waals surface area contributed by atoms with Crippen molar-refractivity contribution in [2.45, 2.75) is 33.4 Å². The first-order valence-electron chi connectivity index (χ1n) is 6.24. The first-order chi connectivity index (χ1) is 8.61. The maximum Gasteiger partial charge on any atom is 0.232 e. The lowest BCUT2D eigenvalue weighted by molar-refractivity contribution is -0.140. The van der Waals surface area contributed by atoms with E-state index >= 15 is 0 Å². The van der Waals surface area contributed by atoms with Gasteiger partial charge in [-0.25, -0.2) is 0 Å². The lowest BCUT2D eigenvalue weighted by Gasteiger charge is -2.12. The number of hydrogen-bond donors (Lipinski definition) is 1. The molecule has 2 rings (SSSR count). The van der Waals surface area contributed by atoms with Crippen LogP contribution in [0.25, 0.3) is 0 Å². The lowest BCUT2D eigenvalue weighted by atomic mass is 10.1. The number of amides is 2. The Kier molecular flexibility index (Phi) is 3.81. The summed E-state index contributed by atoms with van der Waals surface area (Å²) < 4.78 is 5.57. The van der Waals surface area contributed by atoms with E-state index in [1.54, 1.807) is 6.92 Å². The van der Waals surface area contributed by atoms with Crippen LogP contribution < -0.4 is 5.32 Å². The Morgan fingerprint density at radius 3 is 2.72 bits per heavy atom. The Balaban J connectivity index is 1.99. The summed E-state index contributed by atoms with van der Waals surface area (Å²) in [5.41, 5.74) is 0. The average molecular weight is 250 g/mol. The number of hydrogen-bond acceptors (Lipinski definition) is 4. The highest BCUT2D eigenvalue weighted by molar-refractivity contribution is 6.03. The monoisotopic (exact) mass is 250 g/mol. The van der Waals surface area contributed by atoms with Gasteiger partial charge in [-0.2, -0.15) is 0 Å². The number of carbonyl (C=O) groups excluding carboxylic acids is 2. The normalized spacial score (nSPS) is 19.9. The molecule has 0 aliphatic carbocycles. The highest BCUT2D eigenvalue weighted by Gasteiger charge is 2.35. The molecule has 1 aromatic rings. The molecule has 18 heavy (non-hydrogen) atoms. The maximum atomic E-state index is 11.7. The van der Waals surface area contributed by atoms with Gasteiger partial charge in [-0.3, -0.25) is 14.5 Å². The van der Waals surface area contributed by atoms with Crippen LogP contribution in [0, 0.1) is 5.92 Å². The summed E-state index contributed by atoms with van der Waals surface area (Å²) in [5.74, 6) is 1.05. The number of nitrogens with one attached hydrogen (secondary N) is 1. The van der Waals surface area contributed by atoms with Gasteiger partial charge in [-0.15, -0.1) is 0 Å². The number of rotatable bonds is 5. The molecule has 1 aromatic heterocycles. The SMILES string of the molecule is CCNCc1ccc(CN2C(=O)CC(C)C2=O)o1. The van der Waals surface area contributed by atoms with Crippen molar-refractivity contribution < 1.29 is 14.0 Å². The standard InChI is InChI=1S/C13H18N2O3/c1-3-14-7-10-4-5-11(18-10)8-15-12(16)6-9(2)13(15)17/h4-5,9,14H,3,6-8H2,1-2H3. The molecular formula is C13H18N2O3. The van der Waals surface area contributed by atoms with Crippen LogP contribution in [0.1, 0.15) is 31.8 Å². The average Bonchev–Trinajstić information content (AvgIpc) is 2.88. The Morgan fingerprint density at radius 1 is 1.39 bits per heavy atom. The molecule has 0 spiro atoms. The fourth-order valence-corrected chi connectivity index (χ4v) is 2.02. The minimum atomic E-state index is -0.200. The van der Waals surface area contributed by atoms with Crippen molar-refractivity contribution in [2.75, 3.05) is 6.54 Å². The van der Waals surface area contributed by atoms with E-state index in [1.807, 2.05) is 19.1 Å². The smallest absolute Gasteiger partial charge is 0.232 e. The van der Waals surface area contributed by atoms with Gasteiger partial charge in [-0.1, -0.05) is 13.8 Å². The fraction of sp³-hybridized carbons (Fsp3) is 0.538. The van der Waals surface area contributed by atoms with Crippen molar-refractivity contribution in [3.8, 4) is 0 Å². The van der Waals surface area contributed by atoms with Crippen molar-refractivity contribution in [2.24, 2.45) is 5.92 Å². The zero-order valence-electron chi connectivity index (χ0n) is 10.7. The molecule has 0 saturated carbocycles. The summed E-state index contributed by atoms with van der Waals surface area (Å²) in [6.45, 7) is 5.57. The van der Waals surface area contributed by atoms with Crippen LogP contribution >= 0.6 is 0 Å². The molecule has 1 unspecified atom stereocenters. The fourth-order valence-electron chi connectivity index (χ4n) is 2.02. The minimum absolute atomic E-state index is 0.107. The third-order valence-corrected chi connectivity index (χ3v) is 3.05. The van der Waals surface area contributed by atoms with Crippen molar-refractivity contribution in [1.82, 2.24) is 10.2 Å². The molecular weight excluding hydrogens is 232 g/mol. The van der Waals surface area contributed by atoms with Crippen LogP contribution in [0.5, 0.6) is 0 Å². The summed E-state index contributed by atoms with van der Waals surface area (Å²) >= 11 is 0. The predicted octanol–water partition coefficient (Wildman–Crippen LogP) is 1.28. The zero-order valence-corrected chi connectivity index (χ0v) is 10.7. The molecule has 1 aliphatic heterocycles. The van der Waals surface area contributed by atoms with Gasteiger partial charge in [0, 0.05) is 12.3 Å². The van der Waals surface area contributed by atoms with Crippen LogP contribution in [0.15, 0.2) is 16.5 Å². The predicted molar refractivity (Wildman–Crippen MR) is 65.4 cm³/mol. The van der Waals surface area contributed by atoms with E-state index in [1.165, 1.54) is 4.90 Å². The topological polar surface area (TPSA) is 62.6 Å². The second kappa shape index (κ2) is 5.35. The number of likely N-dealkylation sites (tertiary alicyclic amines) is 1. The van der Waals surface area contributed by atoms with E-state index in [4.69, 9.17) is 4.42 Å². The van der Waals surface area contributed by atoms with Crippen molar-refractivity contribution in [3.05, 3.63) is 23.7 Å². The first kappa shape index (κ1) is 12.8. The van der Waals surface area contributed by atoms with E-state index in [9.17, 15) is 9.59 Å². The third-order valence-electron chi connectivity index (χ3n) is 3.05. The summed E-state index contributed by atoms with van der Waals surface area (Å²) in [6, 6.07) is 3.68. The molecule has 1 fully saturated rings. The van der Waals surface area contributed by atoms with Crippen LogP contribution in [0.3, 0.4) is 0 Å². The van der Waals surface area contributed by atoms with E-state index in [-0.39, 0.29) is 24.3 Å². The van der Waals surface area contributed by atoms with Crippen LogP contribution in [-0.2, 0) is 22.7 Å². The second-order valence-corrected chi connectivity index (χ2v) is 4.57. The van der Waals surface area contributed by atoms with Gasteiger partial charge in [0.1, 0.15) is 11.5 Å². The number of carbonyl (C=O) groups is 2. The highest BCUT2D eigenvalue weighted by Crippen LogP contribution is 2.21. The van der Waals surface area contributed by atoms with Crippen molar-refractivity contribution >= 4 is 11.8 Å². The molecule has 0 radical (unpaired) electrons. The maximum absolute atomic E-state index is 11.7. The number of nitrogens with zero attached hydrogens (tertiary/aromatic N) is 1. The van der Waals surface area contributed by atoms with Gasteiger partial charge in [0.15, 0.2) is 0 Å². The molecule has 1 atom stereocenters. The molecule has 0 aromatic carbocycles. The number of imide groups is 1. The molecule has 5 nitrogen and oxygen atoms in total. The minimum Gasteiger partial charge on any atom is -0.463 e. The van der Waals surface area contributed by atoms with Gasteiger partial charge in [-0.05, 0) is 18.7 Å². The molecule has 1 saturated heterocycles. The van der Waals surface area contributed by atoms with Crippen LogP contribution in [-0.4, -0.2) is 23.3 Å². The van der Waals surface area contributed by atoms with Gasteiger partial charge in [0.25, 0.3) is 0 Å². The van der Waals surface area contributed by atoms with E-state index in [2.05, 4.69) is 5.32 Å². The van der Waals surface area contributed by atoms with Gasteiger partial charge >= 0.3 is 0 Å². The Labute approximate surface area is 106 Å². The largest absolute Gasteiger partial charge is 0.463 e. The zero-order chi connectivity index (χ0) is 13.1. The quantitative estimate of drug-likeness (QED) is 0.800. The second-order valence-electron chi connectivity index (χ2n) is 4.57. The van der Waals surface area contributed by atoms with E-state index < -0.39 is 0 Å². The summed E-state index contributed by atoms with van der Waals surface area (Å²) in [4.78, 5) is 24.7. The summed E-state index contributed by atoms with van der Waals surface area (Å²) in [7, 11) is 0. The summed E-state index contributed by atoms with van der Waals surface area (Å²) in [5, 5.41) is 3.15. The van der Waals surface area contributed by atoms with E-state index in [0.717, 1.165) is 12.3 Å². The van der Waals surface area contributed by atoms with Gasteiger partial charge < -0.3 is 9.73 Å². The van der Waals surface area contributed by atoms with Crippen molar-refractivity contribution in [1.29, 1.82) is 0 Å². The highest BCUT2D eigenvalue weighted by atomic mass is 16.3.